The third-order valence-corrected chi connectivity index (χ3v) is 2.73. The van der Waals surface area contributed by atoms with E-state index in [0.717, 1.165) is 25.9 Å². The molecule has 1 aliphatic rings. The van der Waals surface area contributed by atoms with Crippen molar-refractivity contribution in [1.82, 2.24) is 10.6 Å². The zero-order chi connectivity index (χ0) is 11.3. The molecule has 3 N–H and O–H groups in total. The third kappa shape index (κ3) is 3.51. The lowest BCUT2D eigenvalue weighted by Crippen LogP contribution is -2.45. The number of amides is 1. The molecule has 0 aromatic rings. The van der Waals surface area contributed by atoms with Gasteiger partial charge in [-0.05, 0) is 32.4 Å². The second-order valence-electron chi connectivity index (χ2n) is 3.83. The van der Waals surface area contributed by atoms with Crippen LogP contribution in [-0.2, 0) is 9.59 Å². The molecule has 5 nitrogen and oxygen atoms in total. The van der Waals surface area contributed by atoms with Crippen molar-refractivity contribution in [3.05, 3.63) is 0 Å². The number of aliphatic carboxylic acids is 1. The van der Waals surface area contributed by atoms with Gasteiger partial charge in [-0.15, -0.1) is 0 Å². The highest BCUT2D eigenvalue weighted by Crippen LogP contribution is 2.11. The maximum absolute atomic E-state index is 11.7. The molecule has 1 fully saturated rings. The number of nitrogens with one attached hydrogen (secondary N) is 2. The predicted molar refractivity (Wildman–Crippen MR) is 55.5 cm³/mol. The molecule has 0 bridgehead atoms. The first-order valence-electron chi connectivity index (χ1n) is 5.39. The van der Waals surface area contributed by atoms with Gasteiger partial charge in [0.2, 0.25) is 5.91 Å². The summed E-state index contributed by atoms with van der Waals surface area (Å²) in [6, 6.07) is -0.743. The summed E-state index contributed by atoms with van der Waals surface area (Å²) in [5.41, 5.74) is 0. The first kappa shape index (κ1) is 12.0. The number of carboxylic acids is 1. The number of carboxylic acid groups (broad SMARTS) is 1. The average molecular weight is 214 g/mol. The topological polar surface area (TPSA) is 78.4 Å². The molecule has 86 valence electrons. The van der Waals surface area contributed by atoms with Crippen LogP contribution in [0.1, 0.15) is 26.2 Å². The largest absolute Gasteiger partial charge is 0.480 e. The van der Waals surface area contributed by atoms with E-state index in [-0.39, 0.29) is 11.8 Å². The highest BCUT2D eigenvalue weighted by atomic mass is 16.4. The number of hydrogen-bond acceptors (Lipinski definition) is 3. The van der Waals surface area contributed by atoms with Gasteiger partial charge in [-0.2, -0.15) is 0 Å². The van der Waals surface area contributed by atoms with Crippen LogP contribution in [0.25, 0.3) is 0 Å². The van der Waals surface area contributed by atoms with Crippen LogP contribution in [0.3, 0.4) is 0 Å². The van der Waals surface area contributed by atoms with Crippen molar-refractivity contribution < 1.29 is 14.7 Å². The average Bonchev–Trinajstić information content (AvgIpc) is 2.26. The number of piperidine rings is 1. The van der Waals surface area contributed by atoms with Gasteiger partial charge in [0.15, 0.2) is 0 Å². The van der Waals surface area contributed by atoms with Crippen LogP contribution in [0.4, 0.5) is 0 Å². The molecular formula is C10H18N2O3. The van der Waals surface area contributed by atoms with E-state index >= 15 is 0 Å². The van der Waals surface area contributed by atoms with Crippen LogP contribution in [0, 0.1) is 5.92 Å². The second kappa shape index (κ2) is 5.70. The highest BCUT2D eigenvalue weighted by Gasteiger charge is 2.25. The molecule has 1 heterocycles. The summed E-state index contributed by atoms with van der Waals surface area (Å²) in [5, 5.41) is 14.5. The van der Waals surface area contributed by atoms with Crippen LogP contribution < -0.4 is 10.6 Å². The van der Waals surface area contributed by atoms with Crippen molar-refractivity contribution in [1.29, 1.82) is 0 Å². The Bertz CT molecular complexity index is 237. The fraction of sp³-hybridized carbons (Fsp3) is 0.800. The third-order valence-electron chi connectivity index (χ3n) is 2.73. The summed E-state index contributed by atoms with van der Waals surface area (Å²) in [6.45, 7) is 3.42. The maximum atomic E-state index is 11.7. The molecule has 0 aromatic carbocycles. The van der Waals surface area contributed by atoms with Crippen LogP contribution in [-0.4, -0.2) is 36.1 Å². The van der Waals surface area contributed by atoms with Gasteiger partial charge in [0.25, 0.3) is 0 Å². The minimum absolute atomic E-state index is 0.0281. The first-order valence-corrected chi connectivity index (χ1v) is 5.39. The molecule has 0 saturated carbocycles. The number of hydrogen-bond donors (Lipinski definition) is 3. The van der Waals surface area contributed by atoms with Crippen molar-refractivity contribution in [2.45, 2.75) is 32.2 Å². The minimum Gasteiger partial charge on any atom is -0.480 e. The maximum Gasteiger partial charge on any atom is 0.326 e. The first-order chi connectivity index (χ1) is 7.15. The Kier molecular flexibility index (Phi) is 4.55. The van der Waals surface area contributed by atoms with E-state index in [1.165, 1.54) is 0 Å². The SMILES string of the molecule is CCC(NC(=O)C1CCNCC1)C(=O)O. The van der Waals surface area contributed by atoms with Crippen LogP contribution in [0.5, 0.6) is 0 Å². The number of carbonyl (C=O) groups excluding carboxylic acids is 1. The molecule has 15 heavy (non-hydrogen) atoms. The molecule has 1 amide bonds. The van der Waals surface area contributed by atoms with E-state index in [9.17, 15) is 9.59 Å². The van der Waals surface area contributed by atoms with Gasteiger partial charge in [-0.25, -0.2) is 4.79 Å². The monoisotopic (exact) mass is 214 g/mol. The molecule has 1 saturated heterocycles. The lowest BCUT2D eigenvalue weighted by Gasteiger charge is -2.23. The van der Waals surface area contributed by atoms with Crippen molar-refractivity contribution in [2.75, 3.05) is 13.1 Å². The summed E-state index contributed by atoms with van der Waals surface area (Å²) in [7, 11) is 0. The summed E-state index contributed by atoms with van der Waals surface area (Å²) in [4.78, 5) is 22.4. The molecule has 1 atom stereocenters. The molecular weight excluding hydrogens is 196 g/mol. The van der Waals surface area contributed by atoms with Gasteiger partial charge in [-0.1, -0.05) is 6.92 Å². The van der Waals surface area contributed by atoms with Crippen LogP contribution >= 0.6 is 0 Å². The number of carbonyl (C=O) groups is 2. The lowest BCUT2D eigenvalue weighted by molar-refractivity contribution is -0.142. The van der Waals surface area contributed by atoms with E-state index in [4.69, 9.17) is 5.11 Å². The molecule has 0 aromatic heterocycles. The van der Waals surface area contributed by atoms with E-state index in [0.29, 0.717) is 6.42 Å². The molecule has 1 unspecified atom stereocenters. The standard InChI is InChI=1S/C10H18N2O3/c1-2-8(10(14)15)12-9(13)7-3-5-11-6-4-7/h7-8,11H,2-6H2,1H3,(H,12,13)(H,14,15). The molecule has 1 rings (SSSR count). The van der Waals surface area contributed by atoms with Crippen LogP contribution in [0.15, 0.2) is 0 Å². The van der Waals surface area contributed by atoms with Crippen LogP contribution in [0.2, 0.25) is 0 Å². The normalized spacial score (nSPS) is 19.5. The highest BCUT2D eigenvalue weighted by molar-refractivity contribution is 5.84. The molecule has 5 heteroatoms. The second-order valence-corrected chi connectivity index (χ2v) is 3.83. The fourth-order valence-corrected chi connectivity index (χ4v) is 1.71. The Balaban J connectivity index is 2.42. The smallest absolute Gasteiger partial charge is 0.326 e. The van der Waals surface area contributed by atoms with Gasteiger partial charge in [0.1, 0.15) is 6.04 Å². The van der Waals surface area contributed by atoms with Crippen molar-refractivity contribution in [3.63, 3.8) is 0 Å². The van der Waals surface area contributed by atoms with E-state index in [1.54, 1.807) is 6.92 Å². The molecule has 0 spiro atoms. The summed E-state index contributed by atoms with van der Waals surface area (Å²) in [5.74, 6) is -1.11. The lowest BCUT2D eigenvalue weighted by atomic mass is 9.97. The fourth-order valence-electron chi connectivity index (χ4n) is 1.71. The van der Waals surface area contributed by atoms with E-state index in [1.807, 2.05) is 0 Å². The van der Waals surface area contributed by atoms with E-state index in [2.05, 4.69) is 10.6 Å². The predicted octanol–water partition coefficient (Wildman–Crippen LogP) is -0.0346. The van der Waals surface area contributed by atoms with Gasteiger partial charge in [0, 0.05) is 5.92 Å². The Labute approximate surface area is 89.2 Å². The molecule has 0 aliphatic carbocycles. The Hall–Kier alpha value is -1.10. The Morgan fingerprint density at radius 3 is 2.53 bits per heavy atom. The Morgan fingerprint density at radius 2 is 2.07 bits per heavy atom. The van der Waals surface area contributed by atoms with Crippen molar-refractivity contribution in [2.24, 2.45) is 5.92 Å². The van der Waals surface area contributed by atoms with Gasteiger partial charge < -0.3 is 15.7 Å². The van der Waals surface area contributed by atoms with Crippen molar-refractivity contribution in [3.8, 4) is 0 Å². The van der Waals surface area contributed by atoms with Gasteiger partial charge in [-0.3, -0.25) is 4.79 Å². The summed E-state index contributed by atoms with van der Waals surface area (Å²) < 4.78 is 0. The van der Waals surface area contributed by atoms with Gasteiger partial charge in [0.05, 0.1) is 0 Å². The molecule has 0 radical (unpaired) electrons. The van der Waals surface area contributed by atoms with Crippen molar-refractivity contribution >= 4 is 11.9 Å². The van der Waals surface area contributed by atoms with E-state index < -0.39 is 12.0 Å². The van der Waals surface area contributed by atoms with Gasteiger partial charge >= 0.3 is 5.97 Å². The Morgan fingerprint density at radius 1 is 1.47 bits per heavy atom. The zero-order valence-corrected chi connectivity index (χ0v) is 8.95. The number of rotatable bonds is 4. The minimum atomic E-state index is -0.959. The quantitative estimate of drug-likeness (QED) is 0.614. The zero-order valence-electron chi connectivity index (χ0n) is 8.95. The summed E-state index contributed by atoms with van der Waals surface area (Å²) >= 11 is 0. The molecule has 1 aliphatic heterocycles. The summed E-state index contributed by atoms with van der Waals surface area (Å²) in [6.07, 6.45) is 2.01.